The molecule has 1 fully saturated rings. The fourth-order valence-electron chi connectivity index (χ4n) is 2.60. The molecule has 1 aromatic rings. The van der Waals surface area contributed by atoms with Crippen LogP contribution in [-0.4, -0.2) is 35.6 Å². The van der Waals surface area contributed by atoms with Crippen LogP contribution in [0.4, 0.5) is 5.82 Å². The molecule has 118 valence electrons. The second-order valence-electron chi connectivity index (χ2n) is 5.68. The van der Waals surface area contributed by atoms with Gasteiger partial charge in [0.1, 0.15) is 5.82 Å². The Kier molecular flexibility index (Phi) is 5.03. The van der Waals surface area contributed by atoms with Crippen LogP contribution in [0, 0.1) is 6.92 Å². The first-order chi connectivity index (χ1) is 9.91. The SMILES string of the molecule is CCCCCC(=O)Nc1cc(C)nn1C1CCS(=O)(=O)C1. The van der Waals surface area contributed by atoms with Crippen LogP contribution < -0.4 is 5.32 Å². The average molecular weight is 313 g/mol. The van der Waals surface area contributed by atoms with E-state index in [-0.39, 0.29) is 23.5 Å². The normalized spacial score (nSPS) is 20.6. The molecule has 2 heterocycles. The van der Waals surface area contributed by atoms with Gasteiger partial charge < -0.3 is 5.32 Å². The summed E-state index contributed by atoms with van der Waals surface area (Å²) < 4.78 is 24.9. The molecular weight excluding hydrogens is 290 g/mol. The third-order valence-electron chi connectivity index (χ3n) is 3.69. The number of aromatic nitrogens is 2. The zero-order valence-electron chi connectivity index (χ0n) is 12.6. The van der Waals surface area contributed by atoms with E-state index in [0.717, 1.165) is 25.0 Å². The Balaban J connectivity index is 2.05. The molecule has 0 radical (unpaired) electrons. The number of unbranched alkanes of at least 4 members (excludes halogenated alkanes) is 2. The molecule has 1 aliphatic rings. The molecule has 1 N–H and O–H groups in total. The molecule has 1 aliphatic heterocycles. The lowest BCUT2D eigenvalue weighted by molar-refractivity contribution is -0.116. The number of sulfone groups is 1. The number of rotatable bonds is 6. The van der Waals surface area contributed by atoms with Gasteiger partial charge in [-0.25, -0.2) is 13.1 Å². The van der Waals surface area contributed by atoms with E-state index in [1.165, 1.54) is 0 Å². The van der Waals surface area contributed by atoms with E-state index >= 15 is 0 Å². The van der Waals surface area contributed by atoms with Gasteiger partial charge in [-0.15, -0.1) is 0 Å². The molecule has 0 spiro atoms. The van der Waals surface area contributed by atoms with Crippen molar-refractivity contribution in [2.45, 2.75) is 52.0 Å². The Bertz CT molecular complexity index is 607. The highest BCUT2D eigenvalue weighted by molar-refractivity contribution is 7.91. The van der Waals surface area contributed by atoms with E-state index in [2.05, 4.69) is 17.3 Å². The van der Waals surface area contributed by atoms with Gasteiger partial charge in [-0.1, -0.05) is 19.8 Å². The lowest BCUT2D eigenvalue weighted by Gasteiger charge is -2.13. The fourth-order valence-corrected chi connectivity index (χ4v) is 4.29. The van der Waals surface area contributed by atoms with Gasteiger partial charge in [0, 0.05) is 12.5 Å². The Morgan fingerprint density at radius 3 is 2.86 bits per heavy atom. The zero-order valence-corrected chi connectivity index (χ0v) is 13.4. The van der Waals surface area contributed by atoms with Crippen LogP contribution in [0.2, 0.25) is 0 Å². The van der Waals surface area contributed by atoms with Crippen molar-refractivity contribution in [1.82, 2.24) is 9.78 Å². The minimum absolute atomic E-state index is 0.0366. The summed E-state index contributed by atoms with van der Waals surface area (Å²) in [5.41, 5.74) is 0.781. The maximum atomic E-state index is 11.9. The fraction of sp³-hybridized carbons (Fsp3) is 0.714. The Labute approximate surface area is 125 Å². The predicted molar refractivity (Wildman–Crippen MR) is 82.0 cm³/mol. The van der Waals surface area contributed by atoms with Gasteiger partial charge in [0.05, 0.1) is 23.2 Å². The number of nitrogens with zero attached hydrogens (tertiary/aromatic N) is 2. The molecule has 0 aromatic carbocycles. The van der Waals surface area contributed by atoms with Gasteiger partial charge in [0.15, 0.2) is 9.84 Å². The van der Waals surface area contributed by atoms with E-state index in [1.54, 1.807) is 10.7 Å². The van der Waals surface area contributed by atoms with E-state index in [9.17, 15) is 13.2 Å². The summed E-state index contributed by atoms with van der Waals surface area (Å²) in [5, 5.41) is 7.21. The van der Waals surface area contributed by atoms with Crippen LogP contribution in [0.15, 0.2) is 6.07 Å². The monoisotopic (exact) mass is 313 g/mol. The van der Waals surface area contributed by atoms with Gasteiger partial charge in [-0.2, -0.15) is 5.10 Å². The molecule has 21 heavy (non-hydrogen) atoms. The predicted octanol–water partition coefficient (Wildman–Crippen LogP) is 2.07. The van der Waals surface area contributed by atoms with Crippen molar-refractivity contribution >= 4 is 21.6 Å². The first kappa shape index (κ1) is 16.0. The minimum atomic E-state index is -2.97. The van der Waals surface area contributed by atoms with Gasteiger partial charge >= 0.3 is 0 Å². The van der Waals surface area contributed by atoms with Crippen molar-refractivity contribution in [3.63, 3.8) is 0 Å². The number of hydrogen-bond donors (Lipinski definition) is 1. The molecule has 1 amide bonds. The maximum Gasteiger partial charge on any atom is 0.225 e. The van der Waals surface area contributed by atoms with Gasteiger partial charge in [-0.3, -0.25) is 4.79 Å². The first-order valence-electron chi connectivity index (χ1n) is 7.47. The van der Waals surface area contributed by atoms with Gasteiger partial charge in [0.25, 0.3) is 0 Å². The maximum absolute atomic E-state index is 11.9. The molecule has 7 heteroatoms. The molecular formula is C14H23N3O3S. The summed E-state index contributed by atoms with van der Waals surface area (Å²) >= 11 is 0. The molecule has 1 saturated heterocycles. The molecule has 2 rings (SSSR count). The van der Waals surface area contributed by atoms with Crippen LogP contribution >= 0.6 is 0 Å². The van der Waals surface area contributed by atoms with Crippen molar-refractivity contribution < 1.29 is 13.2 Å². The first-order valence-corrected chi connectivity index (χ1v) is 9.30. The number of hydrogen-bond acceptors (Lipinski definition) is 4. The van der Waals surface area contributed by atoms with Crippen LogP contribution in [0.1, 0.15) is 50.8 Å². The standard InChI is InChI=1S/C14H23N3O3S/c1-3-4-5-6-14(18)15-13-9-11(2)16-17(13)12-7-8-21(19,20)10-12/h9,12H,3-8,10H2,1-2H3,(H,15,18). The van der Waals surface area contributed by atoms with Crippen LogP contribution in [0.25, 0.3) is 0 Å². The highest BCUT2D eigenvalue weighted by atomic mass is 32.2. The molecule has 0 aliphatic carbocycles. The Morgan fingerprint density at radius 1 is 1.48 bits per heavy atom. The van der Waals surface area contributed by atoms with Crippen molar-refractivity contribution in [3.8, 4) is 0 Å². The lowest BCUT2D eigenvalue weighted by Crippen LogP contribution is -2.19. The van der Waals surface area contributed by atoms with Crippen molar-refractivity contribution in [2.75, 3.05) is 16.8 Å². The quantitative estimate of drug-likeness (QED) is 0.815. The smallest absolute Gasteiger partial charge is 0.225 e. The van der Waals surface area contributed by atoms with Gasteiger partial charge in [-0.05, 0) is 19.8 Å². The molecule has 1 aromatic heterocycles. The summed E-state index contributed by atoms with van der Waals surface area (Å²) in [6.45, 7) is 3.93. The van der Waals surface area contributed by atoms with Crippen LogP contribution in [0.3, 0.4) is 0 Å². The lowest BCUT2D eigenvalue weighted by atomic mass is 10.2. The second kappa shape index (κ2) is 6.60. The molecule has 6 nitrogen and oxygen atoms in total. The van der Waals surface area contributed by atoms with Crippen molar-refractivity contribution in [3.05, 3.63) is 11.8 Å². The zero-order chi connectivity index (χ0) is 15.5. The number of carbonyl (C=O) groups excluding carboxylic acids is 1. The number of aryl methyl sites for hydroxylation is 1. The minimum Gasteiger partial charge on any atom is -0.311 e. The molecule has 0 bridgehead atoms. The number of amides is 1. The van der Waals surface area contributed by atoms with E-state index in [1.807, 2.05) is 6.92 Å². The molecule has 1 unspecified atom stereocenters. The van der Waals surface area contributed by atoms with E-state index in [4.69, 9.17) is 0 Å². The van der Waals surface area contributed by atoms with E-state index in [0.29, 0.717) is 18.7 Å². The summed E-state index contributed by atoms with van der Waals surface area (Å²) in [7, 11) is -2.97. The molecule has 1 atom stereocenters. The Hall–Kier alpha value is -1.37. The summed E-state index contributed by atoms with van der Waals surface area (Å²) in [6.07, 6.45) is 4.02. The number of nitrogens with one attached hydrogen (secondary N) is 1. The summed E-state index contributed by atoms with van der Waals surface area (Å²) in [4.78, 5) is 11.9. The third-order valence-corrected chi connectivity index (χ3v) is 5.44. The highest BCUT2D eigenvalue weighted by Crippen LogP contribution is 2.27. The van der Waals surface area contributed by atoms with E-state index < -0.39 is 9.84 Å². The number of anilines is 1. The molecule has 0 saturated carbocycles. The third kappa shape index (κ3) is 4.30. The average Bonchev–Trinajstić information content (AvgIpc) is 2.92. The van der Waals surface area contributed by atoms with Gasteiger partial charge in [0.2, 0.25) is 5.91 Å². The Morgan fingerprint density at radius 2 is 2.24 bits per heavy atom. The van der Waals surface area contributed by atoms with Crippen LogP contribution in [-0.2, 0) is 14.6 Å². The highest BCUT2D eigenvalue weighted by Gasteiger charge is 2.31. The van der Waals surface area contributed by atoms with Crippen molar-refractivity contribution in [2.24, 2.45) is 0 Å². The van der Waals surface area contributed by atoms with Crippen LogP contribution in [0.5, 0.6) is 0 Å². The second-order valence-corrected chi connectivity index (χ2v) is 7.91. The summed E-state index contributed by atoms with van der Waals surface area (Å²) in [6, 6.07) is 1.62. The summed E-state index contributed by atoms with van der Waals surface area (Å²) in [5.74, 6) is 0.870. The topological polar surface area (TPSA) is 81.1 Å². The largest absolute Gasteiger partial charge is 0.311 e. The number of carbonyl (C=O) groups is 1. The van der Waals surface area contributed by atoms with Crippen molar-refractivity contribution in [1.29, 1.82) is 0 Å².